The summed E-state index contributed by atoms with van der Waals surface area (Å²) in [6.07, 6.45) is 0. The molecule has 2 aromatic rings. The van der Waals surface area contributed by atoms with E-state index in [0.29, 0.717) is 0 Å². The number of pyridine rings is 1. The minimum absolute atomic E-state index is 1.07. The summed E-state index contributed by atoms with van der Waals surface area (Å²) in [6, 6.07) is 10.6. The van der Waals surface area contributed by atoms with Crippen molar-refractivity contribution >= 4 is 0 Å². The van der Waals surface area contributed by atoms with Crippen LogP contribution in [-0.4, -0.2) is 4.98 Å². The fourth-order valence-electron chi connectivity index (χ4n) is 1.91. The summed E-state index contributed by atoms with van der Waals surface area (Å²) in [6.45, 7) is 8.45. The van der Waals surface area contributed by atoms with Crippen LogP contribution in [0.15, 0.2) is 30.3 Å². The molecule has 16 heavy (non-hydrogen) atoms. The Morgan fingerprint density at radius 3 is 2.31 bits per heavy atom. The number of rotatable bonds is 1. The first-order valence-electron chi connectivity index (χ1n) is 5.60. The van der Waals surface area contributed by atoms with Crippen molar-refractivity contribution in [3.63, 3.8) is 0 Å². The van der Waals surface area contributed by atoms with Crippen molar-refractivity contribution in [1.82, 2.24) is 4.98 Å². The van der Waals surface area contributed by atoms with Gasteiger partial charge in [-0.3, -0.25) is 4.98 Å². The molecular formula is C15H17N. The molecule has 0 aliphatic heterocycles. The van der Waals surface area contributed by atoms with Gasteiger partial charge in [0, 0.05) is 11.3 Å². The average molecular weight is 211 g/mol. The molecule has 0 spiro atoms. The first-order valence-corrected chi connectivity index (χ1v) is 5.60. The van der Waals surface area contributed by atoms with E-state index in [4.69, 9.17) is 0 Å². The molecule has 0 saturated heterocycles. The summed E-state index contributed by atoms with van der Waals surface area (Å²) < 4.78 is 0. The Labute approximate surface area is 97.2 Å². The molecule has 1 aromatic carbocycles. The Hall–Kier alpha value is -1.63. The predicted molar refractivity (Wildman–Crippen MR) is 68.6 cm³/mol. The van der Waals surface area contributed by atoms with Gasteiger partial charge >= 0.3 is 0 Å². The molecule has 0 aliphatic rings. The van der Waals surface area contributed by atoms with Crippen LogP contribution in [0.2, 0.25) is 0 Å². The van der Waals surface area contributed by atoms with Crippen molar-refractivity contribution in [3.8, 4) is 11.3 Å². The third-order valence-corrected chi connectivity index (χ3v) is 3.10. The minimum Gasteiger partial charge on any atom is -0.253 e. The van der Waals surface area contributed by atoms with Gasteiger partial charge in [0.2, 0.25) is 0 Å². The van der Waals surface area contributed by atoms with Crippen LogP contribution in [-0.2, 0) is 0 Å². The highest BCUT2D eigenvalue weighted by atomic mass is 14.7. The number of hydrogen-bond donors (Lipinski definition) is 0. The highest BCUT2D eigenvalue weighted by Gasteiger charge is 2.07. The molecular weight excluding hydrogens is 194 g/mol. The van der Waals surface area contributed by atoms with E-state index in [1.165, 1.54) is 22.3 Å². The van der Waals surface area contributed by atoms with Crippen LogP contribution in [0, 0.1) is 27.7 Å². The number of hydrogen-bond acceptors (Lipinski definition) is 1. The quantitative estimate of drug-likeness (QED) is 0.695. The van der Waals surface area contributed by atoms with Gasteiger partial charge in [-0.1, -0.05) is 24.3 Å². The monoisotopic (exact) mass is 211 g/mol. The van der Waals surface area contributed by atoms with E-state index in [0.717, 1.165) is 11.4 Å². The molecule has 1 heteroatoms. The third kappa shape index (κ3) is 1.85. The second kappa shape index (κ2) is 4.09. The lowest BCUT2D eigenvalue weighted by Crippen LogP contribution is -1.94. The molecule has 0 radical (unpaired) electrons. The topological polar surface area (TPSA) is 12.9 Å². The molecule has 1 heterocycles. The van der Waals surface area contributed by atoms with Gasteiger partial charge in [-0.05, 0) is 50.5 Å². The molecule has 0 aliphatic carbocycles. The standard InChI is InChI=1S/C15H17N/c1-10-6-5-7-14(13(10)4)15-11(2)8-9-12(3)16-15/h5-9H,1-4H3. The Bertz CT molecular complexity index is 527. The van der Waals surface area contributed by atoms with Crippen molar-refractivity contribution in [3.05, 3.63) is 52.7 Å². The molecule has 2 rings (SSSR count). The Morgan fingerprint density at radius 2 is 1.56 bits per heavy atom. The van der Waals surface area contributed by atoms with Gasteiger partial charge in [-0.25, -0.2) is 0 Å². The molecule has 0 atom stereocenters. The highest BCUT2D eigenvalue weighted by Crippen LogP contribution is 2.26. The number of nitrogens with zero attached hydrogens (tertiary/aromatic N) is 1. The summed E-state index contributed by atoms with van der Waals surface area (Å²) >= 11 is 0. The van der Waals surface area contributed by atoms with Crippen molar-refractivity contribution in [2.75, 3.05) is 0 Å². The Morgan fingerprint density at radius 1 is 0.812 bits per heavy atom. The SMILES string of the molecule is Cc1ccc(C)c(-c2cccc(C)c2C)n1. The summed E-state index contributed by atoms with van der Waals surface area (Å²) in [5.74, 6) is 0. The van der Waals surface area contributed by atoms with E-state index in [1.807, 2.05) is 6.92 Å². The van der Waals surface area contributed by atoms with Crippen LogP contribution in [0.4, 0.5) is 0 Å². The van der Waals surface area contributed by atoms with Gasteiger partial charge in [-0.15, -0.1) is 0 Å². The zero-order valence-electron chi connectivity index (χ0n) is 10.3. The maximum atomic E-state index is 4.64. The molecule has 1 nitrogen and oxygen atoms in total. The van der Waals surface area contributed by atoms with E-state index in [-0.39, 0.29) is 0 Å². The summed E-state index contributed by atoms with van der Waals surface area (Å²) in [7, 11) is 0. The van der Waals surface area contributed by atoms with E-state index < -0.39 is 0 Å². The molecule has 0 saturated carbocycles. The van der Waals surface area contributed by atoms with Gasteiger partial charge in [0.25, 0.3) is 0 Å². The van der Waals surface area contributed by atoms with Crippen LogP contribution >= 0.6 is 0 Å². The predicted octanol–water partition coefficient (Wildman–Crippen LogP) is 3.98. The maximum Gasteiger partial charge on any atom is 0.0737 e. The van der Waals surface area contributed by atoms with Crippen molar-refractivity contribution in [1.29, 1.82) is 0 Å². The minimum atomic E-state index is 1.07. The largest absolute Gasteiger partial charge is 0.253 e. The molecule has 0 amide bonds. The molecule has 82 valence electrons. The highest BCUT2D eigenvalue weighted by molar-refractivity contribution is 5.67. The molecule has 0 unspecified atom stereocenters. The van der Waals surface area contributed by atoms with E-state index in [1.54, 1.807) is 0 Å². The van der Waals surface area contributed by atoms with Gasteiger partial charge in [0.15, 0.2) is 0 Å². The lowest BCUT2D eigenvalue weighted by atomic mass is 9.98. The lowest BCUT2D eigenvalue weighted by Gasteiger charge is -2.11. The van der Waals surface area contributed by atoms with Crippen molar-refractivity contribution in [2.24, 2.45) is 0 Å². The first kappa shape index (κ1) is 10.9. The number of aryl methyl sites for hydroxylation is 3. The Balaban J connectivity index is 2.67. The third-order valence-electron chi connectivity index (χ3n) is 3.10. The second-order valence-corrected chi connectivity index (χ2v) is 4.37. The zero-order valence-corrected chi connectivity index (χ0v) is 10.3. The summed E-state index contributed by atoms with van der Waals surface area (Å²) in [5.41, 5.74) is 7.31. The van der Waals surface area contributed by atoms with Crippen LogP contribution in [0.3, 0.4) is 0 Å². The van der Waals surface area contributed by atoms with Crippen LogP contribution < -0.4 is 0 Å². The smallest absolute Gasteiger partial charge is 0.0737 e. The number of aromatic nitrogens is 1. The number of benzene rings is 1. The van der Waals surface area contributed by atoms with Crippen molar-refractivity contribution < 1.29 is 0 Å². The molecule has 1 aromatic heterocycles. The van der Waals surface area contributed by atoms with Crippen LogP contribution in [0.5, 0.6) is 0 Å². The van der Waals surface area contributed by atoms with Crippen LogP contribution in [0.1, 0.15) is 22.4 Å². The van der Waals surface area contributed by atoms with Gasteiger partial charge < -0.3 is 0 Å². The zero-order chi connectivity index (χ0) is 11.7. The first-order chi connectivity index (χ1) is 7.59. The second-order valence-electron chi connectivity index (χ2n) is 4.37. The maximum absolute atomic E-state index is 4.64. The van der Waals surface area contributed by atoms with E-state index in [9.17, 15) is 0 Å². The van der Waals surface area contributed by atoms with Crippen LogP contribution in [0.25, 0.3) is 11.3 Å². The summed E-state index contributed by atoms with van der Waals surface area (Å²) in [4.78, 5) is 4.64. The van der Waals surface area contributed by atoms with E-state index >= 15 is 0 Å². The van der Waals surface area contributed by atoms with E-state index in [2.05, 4.69) is 56.1 Å². The van der Waals surface area contributed by atoms with Gasteiger partial charge in [0.05, 0.1) is 5.69 Å². The average Bonchev–Trinajstić information content (AvgIpc) is 2.26. The summed E-state index contributed by atoms with van der Waals surface area (Å²) in [5, 5.41) is 0. The normalized spacial score (nSPS) is 10.5. The van der Waals surface area contributed by atoms with Gasteiger partial charge in [-0.2, -0.15) is 0 Å². The molecule has 0 fully saturated rings. The lowest BCUT2D eigenvalue weighted by molar-refractivity contribution is 1.17. The molecule has 0 N–H and O–H groups in total. The van der Waals surface area contributed by atoms with Crippen molar-refractivity contribution in [2.45, 2.75) is 27.7 Å². The fourth-order valence-corrected chi connectivity index (χ4v) is 1.91. The fraction of sp³-hybridized carbons (Fsp3) is 0.267. The Kier molecular flexibility index (Phi) is 2.78. The molecule has 0 bridgehead atoms. The van der Waals surface area contributed by atoms with Gasteiger partial charge in [0.1, 0.15) is 0 Å².